The van der Waals surface area contributed by atoms with E-state index in [4.69, 9.17) is 5.11 Å². The van der Waals surface area contributed by atoms with Crippen molar-refractivity contribution in [1.29, 1.82) is 0 Å². The zero-order valence-electron chi connectivity index (χ0n) is 7.45. The summed E-state index contributed by atoms with van der Waals surface area (Å²) < 4.78 is 1.89. The van der Waals surface area contributed by atoms with E-state index in [0.29, 0.717) is 0 Å². The molecule has 4 heteroatoms. The third-order valence-electron chi connectivity index (χ3n) is 1.74. The Morgan fingerprint density at radius 1 is 1.67 bits per heavy atom. The van der Waals surface area contributed by atoms with E-state index in [1.54, 1.807) is 11.8 Å². The van der Waals surface area contributed by atoms with Crippen molar-refractivity contribution in [2.45, 2.75) is 20.1 Å². The molecule has 1 aromatic rings. The third kappa shape index (κ3) is 2.25. The van der Waals surface area contributed by atoms with E-state index < -0.39 is 0 Å². The summed E-state index contributed by atoms with van der Waals surface area (Å²) in [7, 11) is 0. The summed E-state index contributed by atoms with van der Waals surface area (Å²) in [5.41, 5.74) is 1.86. The maximum Gasteiger partial charge on any atom is 0.0715 e. The second-order valence-corrected chi connectivity index (χ2v) is 3.64. The Balaban J connectivity index is 2.62. The average Bonchev–Trinajstić information content (AvgIpc) is 2.43. The van der Waals surface area contributed by atoms with Gasteiger partial charge in [0.05, 0.1) is 12.3 Å². The van der Waals surface area contributed by atoms with Gasteiger partial charge >= 0.3 is 0 Å². The van der Waals surface area contributed by atoms with E-state index in [2.05, 4.69) is 11.4 Å². The molecule has 0 aliphatic rings. The van der Waals surface area contributed by atoms with E-state index in [1.165, 1.54) is 0 Å². The summed E-state index contributed by atoms with van der Waals surface area (Å²) in [6, 6.07) is 0. The van der Waals surface area contributed by atoms with Crippen LogP contribution >= 0.6 is 11.8 Å². The van der Waals surface area contributed by atoms with Crippen LogP contribution in [0.25, 0.3) is 0 Å². The van der Waals surface area contributed by atoms with Gasteiger partial charge in [0.25, 0.3) is 0 Å². The quantitative estimate of drug-likeness (QED) is 0.763. The molecule has 0 radical (unpaired) electrons. The van der Waals surface area contributed by atoms with Crippen molar-refractivity contribution in [1.82, 2.24) is 9.78 Å². The van der Waals surface area contributed by atoms with Gasteiger partial charge < -0.3 is 5.11 Å². The highest BCUT2D eigenvalue weighted by atomic mass is 32.2. The molecule has 3 nitrogen and oxygen atoms in total. The number of aliphatic hydroxyl groups excluding tert-OH is 1. The van der Waals surface area contributed by atoms with Gasteiger partial charge in [-0.1, -0.05) is 0 Å². The smallest absolute Gasteiger partial charge is 0.0715 e. The van der Waals surface area contributed by atoms with Crippen LogP contribution in [0.3, 0.4) is 0 Å². The molecule has 12 heavy (non-hydrogen) atoms. The molecule has 1 aromatic heterocycles. The molecule has 1 N–H and O–H groups in total. The second-order valence-electron chi connectivity index (χ2n) is 2.65. The molecule has 1 heterocycles. The molecule has 0 saturated heterocycles. The lowest BCUT2D eigenvalue weighted by Gasteiger charge is -1.96. The van der Waals surface area contributed by atoms with Crippen LogP contribution in [0.5, 0.6) is 0 Å². The predicted molar refractivity (Wildman–Crippen MR) is 51.3 cm³/mol. The summed E-state index contributed by atoms with van der Waals surface area (Å²) in [4.78, 5) is 0. The van der Waals surface area contributed by atoms with Crippen LogP contribution in [0.2, 0.25) is 0 Å². The van der Waals surface area contributed by atoms with Crippen molar-refractivity contribution >= 4 is 11.8 Å². The summed E-state index contributed by atoms with van der Waals surface area (Å²) in [6.45, 7) is 2.92. The molecule has 0 aliphatic carbocycles. The van der Waals surface area contributed by atoms with Crippen LogP contribution in [0.4, 0.5) is 0 Å². The summed E-state index contributed by atoms with van der Waals surface area (Å²) >= 11 is 1.80. The van der Waals surface area contributed by atoms with Gasteiger partial charge in [-0.15, -0.1) is 0 Å². The van der Waals surface area contributed by atoms with E-state index in [1.807, 2.05) is 17.8 Å². The summed E-state index contributed by atoms with van der Waals surface area (Å²) in [5, 5.41) is 13.2. The van der Waals surface area contributed by atoms with Gasteiger partial charge in [0.1, 0.15) is 0 Å². The fourth-order valence-electron chi connectivity index (χ4n) is 1.01. The van der Waals surface area contributed by atoms with Gasteiger partial charge in [0, 0.05) is 24.1 Å². The molecule has 1 rings (SSSR count). The Labute approximate surface area is 76.8 Å². The second kappa shape index (κ2) is 4.52. The first-order valence-corrected chi connectivity index (χ1v) is 5.30. The first-order valence-electron chi connectivity index (χ1n) is 3.90. The SMILES string of the molecule is CSCCn1cc(CO)c(C)n1. The van der Waals surface area contributed by atoms with Crippen LogP contribution in [-0.2, 0) is 13.2 Å². The molecule has 0 amide bonds. The molecule has 0 unspecified atom stereocenters. The van der Waals surface area contributed by atoms with Gasteiger partial charge in [-0.3, -0.25) is 4.68 Å². The maximum atomic E-state index is 8.90. The molecule has 0 bridgehead atoms. The highest BCUT2D eigenvalue weighted by Crippen LogP contribution is 2.05. The predicted octanol–water partition coefficient (Wildman–Crippen LogP) is 1.05. The third-order valence-corrected chi connectivity index (χ3v) is 2.33. The van der Waals surface area contributed by atoms with Crippen LogP contribution in [0.15, 0.2) is 6.20 Å². The largest absolute Gasteiger partial charge is 0.392 e. The summed E-state index contributed by atoms with van der Waals surface area (Å²) in [5.74, 6) is 1.06. The molecule has 0 spiro atoms. The number of hydrogen-bond acceptors (Lipinski definition) is 3. The Bertz CT molecular complexity index is 247. The fraction of sp³-hybridized carbons (Fsp3) is 0.625. The lowest BCUT2D eigenvalue weighted by molar-refractivity contribution is 0.281. The fourth-order valence-corrected chi connectivity index (χ4v) is 1.38. The first-order chi connectivity index (χ1) is 5.77. The Hall–Kier alpha value is -0.480. The zero-order valence-corrected chi connectivity index (χ0v) is 8.27. The number of aliphatic hydroxyl groups is 1. The van der Waals surface area contributed by atoms with Crippen LogP contribution in [0.1, 0.15) is 11.3 Å². The van der Waals surface area contributed by atoms with E-state index in [9.17, 15) is 0 Å². The number of thioether (sulfide) groups is 1. The van der Waals surface area contributed by atoms with Crippen molar-refractivity contribution in [2.24, 2.45) is 0 Å². The van der Waals surface area contributed by atoms with Crippen LogP contribution < -0.4 is 0 Å². The van der Waals surface area contributed by atoms with Crippen molar-refractivity contribution in [3.63, 3.8) is 0 Å². The molecule has 0 saturated carbocycles. The highest BCUT2D eigenvalue weighted by molar-refractivity contribution is 7.98. The topological polar surface area (TPSA) is 38.0 Å². The van der Waals surface area contributed by atoms with E-state index >= 15 is 0 Å². The normalized spacial score (nSPS) is 10.6. The number of aromatic nitrogens is 2. The molecule has 0 atom stereocenters. The van der Waals surface area contributed by atoms with Crippen molar-refractivity contribution in [3.8, 4) is 0 Å². The molecule has 68 valence electrons. The van der Waals surface area contributed by atoms with Crippen LogP contribution in [-0.4, -0.2) is 26.9 Å². The minimum atomic E-state index is 0.0884. The van der Waals surface area contributed by atoms with Crippen LogP contribution in [0, 0.1) is 6.92 Å². The summed E-state index contributed by atoms with van der Waals surface area (Å²) in [6.07, 6.45) is 3.98. The van der Waals surface area contributed by atoms with Crippen molar-refractivity contribution < 1.29 is 5.11 Å². The number of aryl methyl sites for hydroxylation is 2. The van der Waals surface area contributed by atoms with Gasteiger partial charge in [-0.2, -0.15) is 16.9 Å². The Morgan fingerprint density at radius 2 is 2.42 bits per heavy atom. The average molecular weight is 186 g/mol. The van der Waals surface area contributed by atoms with E-state index in [0.717, 1.165) is 23.6 Å². The minimum Gasteiger partial charge on any atom is -0.392 e. The Morgan fingerprint density at radius 3 is 2.92 bits per heavy atom. The van der Waals surface area contributed by atoms with Gasteiger partial charge in [-0.25, -0.2) is 0 Å². The zero-order chi connectivity index (χ0) is 8.97. The number of rotatable bonds is 4. The van der Waals surface area contributed by atoms with Gasteiger partial charge in [0.2, 0.25) is 0 Å². The van der Waals surface area contributed by atoms with Gasteiger partial charge in [0.15, 0.2) is 0 Å². The lowest BCUT2D eigenvalue weighted by Crippen LogP contribution is -2.00. The molecule has 0 fully saturated rings. The van der Waals surface area contributed by atoms with E-state index in [-0.39, 0.29) is 6.61 Å². The molecular formula is C8H14N2OS. The molecule has 0 aromatic carbocycles. The minimum absolute atomic E-state index is 0.0884. The van der Waals surface area contributed by atoms with Gasteiger partial charge in [-0.05, 0) is 13.2 Å². The standard InChI is InChI=1S/C8H14N2OS/c1-7-8(6-11)5-10(9-7)3-4-12-2/h5,11H,3-4,6H2,1-2H3. The monoisotopic (exact) mass is 186 g/mol. The number of nitrogens with zero attached hydrogens (tertiary/aromatic N) is 2. The van der Waals surface area contributed by atoms with Crippen molar-refractivity contribution in [3.05, 3.63) is 17.5 Å². The maximum absolute atomic E-state index is 8.90. The first kappa shape index (κ1) is 9.61. The molecular weight excluding hydrogens is 172 g/mol. The Kier molecular flexibility index (Phi) is 3.62. The van der Waals surface area contributed by atoms with Crippen molar-refractivity contribution in [2.75, 3.05) is 12.0 Å². The highest BCUT2D eigenvalue weighted by Gasteiger charge is 2.01. The number of hydrogen-bond donors (Lipinski definition) is 1. The molecule has 0 aliphatic heterocycles. The lowest BCUT2D eigenvalue weighted by atomic mass is 10.3.